The first-order chi connectivity index (χ1) is 8.56. The number of aliphatic hydroxyl groups is 1. The van der Waals surface area contributed by atoms with Crippen LogP contribution < -0.4 is 5.32 Å². The Labute approximate surface area is 123 Å². The van der Waals surface area contributed by atoms with Gasteiger partial charge in [-0.25, -0.2) is 0 Å². The van der Waals surface area contributed by atoms with Crippen molar-refractivity contribution < 1.29 is 9.90 Å². The summed E-state index contributed by atoms with van der Waals surface area (Å²) >= 11 is 6.72. The molecule has 5 heteroatoms. The van der Waals surface area contributed by atoms with Gasteiger partial charge < -0.3 is 10.4 Å². The molecular weight excluding hydrogens is 362 g/mol. The fourth-order valence-corrected chi connectivity index (χ4v) is 3.51. The van der Waals surface area contributed by atoms with Gasteiger partial charge in [-0.1, -0.05) is 44.7 Å². The van der Waals surface area contributed by atoms with Crippen molar-refractivity contribution in [3.05, 3.63) is 32.7 Å². The van der Waals surface area contributed by atoms with Crippen molar-refractivity contribution >= 4 is 37.8 Å². The van der Waals surface area contributed by atoms with E-state index in [9.17, 15) is 9.90 Å². The molecule has 1 aliphatic carbocycles. The second-order valence-corrected chi connectivity index (χ2v) is 6.42. The lowest BCUT2D eigenvalue weighted by atomic mass is 9.92. The molecule has 1 aliphatic rings. The van der Waals surface area contributed by atoms with Crippen molar-refractivity contribution in [1.82, 2.24) is 5.32 Å². The molecule has 2 N–H and O–H groups in total. The van der Waals surface area contributed by atoms with E-state index in [1.165, 1.54) is 0 Å². The molecule has 2 atom stereocenters. The van der Waals surface area contributed by atoms with E-state index in [1.54, 1.807) is 12.1 Å². The first-order valence-corrected chi connectivity index (χ1v) is 7.60. The highest BCUT2D eigenvalue weighted by molar-refractivity contribution is 9.11. The van der Waals surface area contributed by atoms with Crippen LogP contribution in [0.5, 0.6) is 0 Å². The van der Waals surface area contributed by atoms with Gasteiger partial charge in [-0.05, 0) is 31.0 Å². The third-order valence-electron chi connectivity index (χ3n) is 3.17. The summed E-state index contributed by atoms with van der Waals surface area (Å²) in [6.07, 6.45) is 3.30. The standard InChI is InChI=1S/C13H15Br2NO2/c14-9-5-8(6-10(15)7-9)13(18)16-11-3-1-2-4-12(11)17/h5-7,11-12,17H,1-4H2,(H,16,18)/t11-,12-/m0/s1. The average molecular weight is 377 g/mol. The van der Waals surface area contributed by atoms with E-state index in [0.29, 0.717) is 5.56 Å². The van der Waals surface area contributed by atoms with Crippen LogP contribution in [-0.4, -0.2) is 23.2 Å². The monoisotopic (exact) mass is 375 g/mol. The zero-order valence-electron chi connectivity index (χ0n) is 9.83. The minimum atomic E-state index is -0.418. The SMILES string of the molecule is O=C(N[C@H]1CCCC[C@@H]1O)c1cc(Br)cc(Br)c1. The van der Waals surface area contributed by atoms with Gasteiger partial charge in [-0.15, -0.1) is 0 Å². The van der Waals surface area contributed by atoms with Crippen molar-refractivity contribution in [3.8, 4) is 0 Å². The fraction of sp³-hybridized carbons (Fsp3) is 0.462. The highest BCUT2D eigenvalue weighted by Crippen LogP contribution is 2.22. The van der Waals surface area contributed by atoms with Crippen molar-refractivity contribution in [1.29, 1.82) is 0 Å². The van der Waals surface area contributed by atoms with Gasteiger partial charge in [0.1, 0.15) is 0 Å². The summed E-state index contributed by atoms with van der Waals surface area (Å²) < 4.78 is 1.71. The number of carbonyl (C=O) groups is 1. The summed E-state index contributed by atoms with van der Waals surface area (Å²) in [5.41, 5.74) is 0.592. The Morgan fingerprint density at radius 3 is 2.39 bits per heavy atom. The Morgan fingerprint density at radius 1 is 1.17 bits per heavy atom. The van der Waals surface area contributed by atoms with Crippen LogP contribution in [0, 0.1) is 0 Å². The molecule has 0 aliphatic heterocycles. The van der Waals surface area contributed by atoms with Crippen molar-refractivity contribution in [2.45, 2.75) is 37.8 Å². The number of amides is 1. The third-order valence-corrected chi connectivity index (χ3v) is 4.09. The van der Waals surface area contributed by atoms with Crippen molar-refractivity contribution in [3.63, 3.8) is 0 Å². The second kappa shape index (κ2) is 6.17. The molecule has 0 aromatic heterocycles. The maximum Gasteiger partial charge on any atom is 0.251 e. The topological polar surface area (TPSA) is 49.3 Å². The lowest BCUT2D eigenvalue weighted by molar-refractivity contribution is 0.0717. The van der Waals surface area contributed by atoms with Crippen LogP contribution in [0.15, 0.2) is 27.1 Å². The number of halogens is 2. The van der Waals surface area contributed by atoms with Crippen LogP contribution in [-0.2, 0) is 0 Å². The molecule has 98 valence electrons. The van der Waals surface area contributed by atoms with Gasteiger partial charge in [0.2, 0.25) is 0 Å². The van der Waals surface area contributed by atoms with Crippen LogP contribution in [0.3, 0.4) is 0 Å². The second-order valence-electron chi connectivity index (χ2n) is 4.59. The van der Waals surface area contributed by atoms with Gasteiger partial charge in [-0.2, -0.15) is 0 Å². The van der Waals surface area contributed by atoms with E-state index in [4.69, 9.17) is 0 Å². The quantitative estimate of drug-likeness (QED) is 0.832. The highest BCUT2D eigenvalue weighted by atomic mass is 79.9. The molecule has 0 unspecified atom stereocenters. The van der Waals surface area contributed by atoms with Gasteiger partial charge in [0, 0.05) is 14.5 Å². The van der Waals surface area contributed by atoms with Crippen molar-refractivity contribution in [2.75, 3.05) is 0 Å². The normalized spacial score (nSPS) is 23.7. The summed E-state index contributed by atoms with van der Waals surface area (Å²) in [6.45, 7) is 0. The molecule has 0 bridgehead atoms. The van der Waals surface area contributed by atoms with E-state index in [2.05, 4.69) is 37.2 Å². The van der Waals surface area contributed by atoms with Gasteiger partial charge in [0.15, 0.2) is 0 Å². The van der Waals surface area contributed by atoms with E-state index >= 15 is 0 Å². The largest absolute Gasteiger partial charge is 0.391 e. The lowest BCUT2D eigenvalue weighted by Crippen LogP contribution is -2.45. The molecule has 3 nitrogen and oxygen atoms in total. The van der Waals surface area contributed by atoms with E-state index in [-0.39, 0.29) is 11.9 Å². The van der Waals surface area contributed by atoms with E-state index < -0.39 is 6.10 Å². The summed E-state index contributed by atoms with van der Waals surface area (Å²) in [5, 5.41) is 12.7. The summed E-state index contributed by atoms with van der Waals surface area (Å²) in [5.74, 6) is -0.136. The molecule has 1 saturated carbocycles. The smallest absolute Gasteiger partial charge is 0.251 e. The third kappa shape index (κ3) is 3.56. The highest BCUT2D eigenvalue weighted by Gasteiger charge is 2.24. The Kier molecular flexibility index (Phi) is 4.81. The number of aliphatic hydroxyl groups excluding tert-OH is 1. The van der Waals surface area contributed by atoms with Gasteiger partial charge in [0.05, 0.1) is 12.1 Å². The molecule has 1 amide bonds. The molecular formula is C13H15Br2NO2. The first kappa shape index (κ1) is 14.0. The molecule has 0 saturated heterocycles. The number of hydrogen-bond donors (Lipinski definition) is 2. The number of nitrogens with one attached hydrogen (secondary N) is 1. The molecule has 0 heterocycles. The number of benzene rings is 1. The molecule has 1 fully saturated rings. The number of hydrogen-bond acceptors (Lipinski definition) is 2. The Balaban J connectivity index is 2.06. The van der Waals surface area contributed by atoms with E-state index in [1.807, 2.05) is 6.07 Å². The summed E-state index contributed by atoms with van der Waals surface area (Å²) in [4.78, 5) is 12.1. The molecule has 1 aromatic carbocycles. The maximum atomic E-state index is 12.1. The maximum absolute atomic E-state index is 12.1. The summed E-state index contributed by atoms with van der Waals surface area (Å²) in [7, 11) is 0. The number of rotatable bonds is 2. The summed E-state index contributed by atoms with van der Waals surface area (Å²) in [6, 6.07) is 5.31. The molecule has 2 rings (SSSR count). The molecule has 0 spiro atoms. The zero-order valence-corrected chi connectivity index (χ0v) is 13.0. The molecule has 0 radical (unpaired) electrons. The van der Waals surface area contributed by atoms with Crippen molar-refractivity contribution in [2.24, 2.45) is 0 Å². The molecule has 18 heavy (non-hydrogen) atoms. The average Bonchev–Trinajstić information content (AvgIpc) is 2.31. The van der Waals surface area contributed by atoms with Gasteiger partial charge in [-0.3, -0.25) is 4.79 Å². The Morgan fingerprint density at radius 2 is 1.78 bits per heavy atom. The fourth-order valence-electron chi connectivity index (χ4n) is 2.22. The Bertz CT molecular complexity index is 430. The predicted molar refractivity (Wildman–Crippen MR) is 77.6 cm³/mol. The Hall–Kier alpha value is -0.390. The van der Waals surface area contributed by atoms with Crippen LogP contribution in [0.4, 0.5) is 0 Å². The number of carbonyl (C=O) groups excluding carboxylic acids is 1. The van der Waals surface area contributed by atoms with Gasteiger partial charge >= 0.3 is 0 Å². The minimum Gasteiger partial charge on any atom is -0.391 e. The zero-order chi connectivity index (χ0) is 13.1. The van der Waals surface area contributed by atoms with Crippen LogP contribution in [0.25, 0.3) is 0 Å². The molecule has 1 aromatic rings. The first-order valence-electron chi connectivity index (χ1n) is 6.01. The minimum absolute atomic E-state index is 0.121. The van der Waals surface area contributed by atoms with E-state index in [0.717, 1.165) is 34.6 Å². The van der Waals surface area contributed by atoms with Gasteiger partial charge in [0.25, 0.3) is 5.91 Å². The predicted octanol–water partition coefficient (Wildman–Crippen LogP) is 3.24. The lowest BCUT2D eigenvalue weighted by Gasteiger charge is -2.28. The van der Waals surface area contributed by atoms with Crippen LogP contribution in [0.2, 0.25) is 0 Å². The van der Waals surface area contributed by atoms with Crippen LogP contribution in [0.1, 0.15) is 36.0 Å². The van der Waals surface area contributed by atoms with Crippen LogP contribution >= 0.6 is 31.9 Å².